The predicted molar refractivity (Wildman–Crippen MR) is 77.1 cm³/mol. The summed E-state index contributed by atoms with van der Waals surface area (Å²) in [7, 11) is 0. The molecule has 0 aromatic heterocycles. The summed E-state index contributed by atoms with van der Waals surface area (Å²) in [6.45, 7) is 2.01. The number of aryl methyl sites for hydroxylation is 1. The van der Waals surface area contributed by atoms with Crippen molar-refractivity contribution in [2.45, 2.75) is 19.3 Å². The number of carbonyl (C=O) groups is 1. The summed E-state index contributed by atoms with van der Waals surface area (Å²) in [5.74, 6) is 0.662. The van der Waals surface area contributed by atoms with Gasteiger partial charge in [-0.25, -0.2) is 0 Å². The van der Waals surface area contributed by atoms with Crippen LogP contribution in [0.5, 0.6) is 0 Å². The first kappa shape index (κ1) is 12.0. The smallest absolute Gasteiger partial charge is 0.228 e. The van der Waals surface area contributed by atoms with Crippen molar-refractivity contribution in [2.75, 3.05) is 5.32 Å². The van der Waals surface area contributed by atoms with E-state index in [1.165, 1.54) is 5.56 Å². The van der Waals surface area contributed by atoms with Gasteiger partial charge in [-0.3, -0.25) is 4.79 Å². The van der Waals surface area contributed by atoms with Crippen molar-refractivity contribution >= 4 is 11.6 Å². The van der Waals surface area contributed by atoms with Crippen molar-refractivity contribution < 1.29 is 4.79 Å². The zero-order chi connectivity index (χ0) is 13.2. The molecule has 0 radical (unpaired) electrons. The highest BCUT2D eigenvalue weighted by Gasteiger charge is 2.43. The predicted octanol–water partition coefficient (Wildman–Crippen LogP) is 3.74. The Bertz CT molecular complexity index is 591. The van der Waals surface area contributed by atoms with Gasteiger partial charge in [0.25, 0.3) is 0 Å². The molecular formula is C17H17NO. The Morgan fingerprint density at radius 2 is 1.74 bits per heavy atom. The fourth-order valence-electron chi connectivity index (χ4n) is 2.49. The average Bonchev–Trinajstić information content (AvgIpc) is 3.23. The third-order valence-corrected chi connectivity index (χ3v) is 3.76. The molecule has 1 aliphatic rings. The molecule has 96 valence electrons. The van der Waals surface area contributed by atoms with Crippen LogP contribution in [0.25, 0.3) is 0 Å². The van der Waals surface area contributed by atoms with Crippen LogP contribution in [-0.2, 0) is 4.79 Å². The first-order chi connectivity index (χ1) is 9.25. The molecule has 1 N–H and O–H groups in total. The molecule has 0 bridgehead atoms. The van der Waals surface area contributed by atoms with Crippen LogP contribution in [0.15, 0.2) is 54.6 Å². The topological polar surface area (TPSA) is 29.1 Å². The van der Waals surface area contributed by atoms with Crippen molar-refractivity contribution in [3.05, 3.63) is 65.7 Å². The molecule has 2 aromatic rings. The molecule has 1 aliphatic carbocycles. The summed E-state index contributed by atoms with van der Waals surface area (Å²) >= 11 is 0. The maximum absolute atomic E-state index is 12.2. The molecule has 3 rings (SSSR count). The number of rotatable bonds is 3. The number of benzene rings is 2. The van der Waals surface area contributed by atoms with Crippen LogP contribution in [0.2, 0.25) is 0 Å². The van der Waals surface area contributed by atoms with E-state index in [-0.39, 0.29) is 11.8 Å². The molecule has 0 aliphatic heterocycles. The second kappa shape index (κ2) is 4.88. The monoisotopic (exact) mass is 251 g/mol. The summed E-state index contributed by atoms with van der Waals surface area (Å²) in [6.07, 6.45) is 0.960. The molecule has 0 saturated heterocycles. The van der Waals surface area contributed by atoms with E-state index in [4.69, 9.17) is 0 Å². The number of anilines is 1. The van der Waals surface area contributed by atoms with Crippen molar-refractivity contribution in [1.82, 2.24) is 0 Å². The Morgan fingerprint density at radius 3 is 2.47 bits per heavy atom. The summed E-state index contributed by atoms with van der Waals surface area (Å²) in [5.41, 5.74) is 3.30. The molecule has 2 aromatic carbocycles. The Hall–Kier alpha value is -2.09. The fourth-order valence-corrected chi connectivity index (χ4v) is 2.49. The van der Waals surface area contributed by atoms with E-state index in [2.05, 4.69) is 17.4 Å². The summed E-state index contributed by atoms with van der Waals surface area (Å²) in [6, 6.07) is 18.2. The third-order valence-electron chi connectivity index (χ3n) is 3.76. The standard InChI is InChI=1S/C17H17NO/c1-12-7-5-6-10-16(12)18-17(19)15-11-14(15)13-8-3-2-4-9-13/h2-10,14-15H,11H2,1H3,(H,18,19)/t14-,15-/m0/s1. The molecule has 19 heavy (non-hydrogen) atoms. The van der Waals surface area contributed by atoms with Crippen LogP contribution in [0.1, 0.15) is 23.5 Å². The van der Waals surface area contributed by atoms with E-state index in [0.29, 0.717) is 5.92 Å². The molecule has 2 nitrogen and oxygen atoms in total. The van der Waals surface area contributed by atoms with E-state index in [1.807, 2.05) is 49.4 Å². The van der Waals surface area contributed by atoms with Crippen molar-refractivity contribution in [1.29, 1.82) is 0 Å². The Morgan fingerprint density at radius 1 is 1.05 bits per heavy atom. The Balaban J connectivity index is 1.66. The Kier molecular flexibility index (Phi) is 3.08. The lowest BCUT2D eigenvalue weighted by Gasteiger charge is -2.07. The highest BCUT2D eigenvalue weighted by Crippen LogP contribution is 2.47. The van der Waals surface area contributed by atoms with Gasteiger partial charge >= 0.3 is 0 Å². The van der Waals surface area contributed by atoms with Gasteiger partial charge in [-0.2, -0.15) is 0 Å². The molecule has 0 spiro atoms. The van der Waals surface area contributed by atoms with Crippen LogP contribution in [0, 0.1) is 12.8 Å². The van der Waals surface area contributed by atoms with Crippen molar-refractivity contribution in [3.63, 3.8) is 0 Å². The number of amides is 1. The lowest BCUT2D eigenvalue weighted by Crippen LogP contribution is -2.15. The highest BCUT2D eigenvalue weighted by atomic mass is 16.2. The van der Waals surface area contributed by atoms with E-state index >= 15 is 0 Å². The number of hydrogen-bond acceptors (Lipinski definition) is 1. The van der Waals surface area contributed by atoms with Gasteiger partial charge in [0.1, 0.15) is 0 Å². The van der Waals surface area contributed by atoms with Gasteiger partial charge in [-0.15, -0.1) is 0 Å². The van der Waals surface area contributed by atoms with Crippen LogP contribution in [-0.4, -0.2) is 5.91 Å². The maximum atomic E-state index is 12.2. The van der Waals surface area contributed by atoms with Gasteiger partial charge in [0.05, 0.1) is 0 Å². The van der Waals surface area contributed by atoms with E-state index in [1.54, 1.807) is 0 Å². The second-order valence-corrected chi connectivity index (χ2v) is 5.16. The van der Waals surface area contributed by atoms with Crippen LogP contribution >= 0.6 is 0 Å². The van der Waals surface area contributed by atoms with Gasteiger partial charge in [-0.1, -0.05) is 48.5 Å². The van der Waals surface area contributed by atoms with Crippen molar-refractivity contribution in [2.24, 2.45) is 5.92 Å². The SMILES string of the molecule is Cc1ccccc1NC(=O)[C@H]1C[C@H]1c1ccccc1. The van der Waals surface area contributed by atoms with E-state index in [9.17, 15) is 4.79 Å². The molecule has 1 fully saturated rings. The molecule has 0 heterocycles. The third kappa shape index (κ3) is 2.53. The molecule has 0 unspecified atom stereocenters. The van der Waals surface area contributed by atoms with E-state index in [0.717, 1.165) is 17.7 Å². The number of nitrogens with one attached hydrogen (secondary N) is 1. The zero-order valence-corrected chi connectivity index (χ0v) is 11.0. The zero-order valence-electron chi connectivity index (χ0n) is 11.0. The fraction of sp³-hybridized carbons (Fsp3) is 0.235. The van der Waals surface area contributed by atoms with Crippen LogP contribution in [0.3, 0.4) is 0 Å². The van der Waals surface area contributed by atoms with E-state index < -0.39 is 0 Å². The summed E-state index contributed by atoms with van der Waals surface area (Å²) in [4.78, 5) is 12.2. The normalized spacial score (nSPS) is 20.9. The van der Waals surface area contributed by atoms with Gasteiger partial charge in [0.2, 0.25) is 5.91 Å². The molecule has 2 heteroatoms. The Labute approximate surface area is 113 Å². The van der Waals surface area contributed by atoms with Gasteiger partial charge < -0.3 is 5.32 Å². The first-order valence-corrected chi connectivity index (χ1v) is 6.67. The first-order valence-electron chi connectivity index (χ1n) is 6.67. The van der Waals surface area contributed by atoms with Crippen molar-refractivity contribution in [3.8, 4) is 0 Å². The van der Waals surface area contributed by atoms with Gasteiger partial charge in [0, 0.05) is 11.6 Å². The largest absolute Gasteiger partial charge is 0.326 e. The van der Waals surface area contributed by atoms with Crippen LogP contribution < -0.4 is 5.32 Å². The average molecular weight is 251 g/mol. The van der Waals surface area contributed by atoms with Crippen LogP contribution in [0.4, 0.5) is 5.69 Å². The minimum Gasteiger partial charge on any atom is -0.326 e. The highest BCUT2D eigenvalue weighted by molar-refractivity contribution is 5.95. The van der Waals surface area contributed by atoms with Gasteiger partial charge in [-0.05, 0) is 36.5 Å². The van der Waals surface area contributed by atoms with Gasteiger partial charge in [0.15, 0.2) is 0 Å². The summed E-state index contributed by atoms with van der Waals surface area (Å²) < 4.78 is 0. The summed E-state index contributed by atoms with van der Waals surface area (Å²) in [5, 5.41) is 3.03. The number of para-hydroxylation sites is 1. The lowest BCUT2D eigenvalue weighted by molar-refractivity contribution is -0.117. The molecule has 2 atom stereocenters. The number of hydrogen-bond donors (Lipinski definition) is 1. The quantitative estimate of drug-likeness (QED) is 0.884. The maximum Gasteiger partial charge on any atom is 0.228 e. The molecule has 1 saturated carbocycles. The minimum absolute atomic E-state index is 0.127. The lowest BCUT2D eigenvalue weighted by atomic mass is 10.1. The molecule has 1 amide bonds. The molecular weight excluding hydrogens is 234 g/mol. The number of carbonyl (C=O) groups excluding carboxylic acids is 1. The minimum atomic E-state index is 0.127. The second-order valence-electron chi connectivity index (χ2n) is 5.16.